The molecule has 2 aliphatic rings. The van der Waals surface area contributed by atoms with E-state index in [1.165, 1.54) is 31.6 Å². The standard InChI is InChI=1S/C17H21N5S/c1-11-5-7-21(23-13-2-3-13)10-14(11)17-20-9-12-8-19-16-15(22(12)17)4-6-18-16/h4,6,8-9,11,13-14,18H,2-3,5,7,10H2,1H3. The Bertz CT molecular complexity index is 849. The van der Waals surface area contributed by atoms with Crippen molar-refractivity contribution in [3.05, 3.63) is 30.5 Å². The number of aromatic nitrogens is 4. The zero-order valence-electron chi connectivity index (χ0n) is 13.3. The number of rotatable bonds is 3. The molecule has 4 heterocycles. The first-order chi connectivity index (χ1) is 11.3. The largest absolute Gasteiger partial charge is 0.345 e. The summed E-state index contributed by atoms with van der Waals surface area (Å²) in [6, 6.07) is 2.10. The van der Waals surface area contributed by atoms with Gasteiger partial charge in [-0.3, -0.25) is 4.40 Å². The summed E-state index contributed by atoms with van der Waals surface area (Å²) in [5, 5.41) is 0.877. The number of H-pyrrole nitrogens is 1. The molecule has 0 amide bonds. The van der Waals surface area contributed by atoms with Crippen LogP contribution in [-0.4, -0.2) is 42.0 Å². The molecule has 1 aliphatic carbocycles. The van der Waals surface area contributed by atoms with Gasteiger partial charge < -0.3 is 4.98 Å². The summed E-state index contributed by atoms with van der Waals surface area (Å²) in [5.74, 6) is 2.34. The molecule has 3 aromatic heterocycles. The third-order valence-electron chi connectivity index (χ3n) is 5.16. The quantitative estimate of drug-likeness (QED) is 0.749. The highest BCUT2D eigenvalue weighted by Crippen LogP contribution is 2.41. The summed E-state index contributed by atoms with van der Waals surface area (Å²) in [6.45, 7) is 4.69. The first kappa shape index (κ1) is 13.9. The molecule has 5 nitrogen and oxygen atoms in total. The molecule has 1 aliphatic heterocycles. The average molecular weight is 327 g/mol. The van der Waals surface area contributed by atoms with Gasteiger partial charge in [0.15, 0.2) is 5.65 Å². The maximum atomic E-state index is 4.80. The van der Waals surface area contributed by atoms with Gasteiger partial charge >= 0.3 is 0 Å². The van der Waals surface area contributed by atoms with Crippen molar-refractivity contribution < 1.29 is 0 Å². The Labute approximate surface area is 139 Å². The SMILES string of the molecule is CC1CCN(SC2CC2)CC1c1ncc2cnc3[nH]ccc3n12. The van der Waals surface area contributed by atoms with Gasteiger partial charge in [-0.05, 0) is 31.2 Å². The Morgan fingerprint density at radius 2 is 2.09 bits per heavy atom. The lowest BCUT2D eigenvalue weighted by atomic mass is 9.87. The molecule has 3 aromatic rings. The maximum absolute atomic E-state index is 4.80. The van der Waals surface area contributed by atoms with Crippen molar-refractivity contribution in [3.63, 3.8) is 0 Å². The van der Waals surface area contributed by atoms with Crippen molar-refractivity contribution in [2.75, 3.05) is 13.1 Å². The van der Waals surface area contributed by atoms with E-state index in [1.54, 1.807) is 0 Å². The van der Waals surface area contributed by atoms with Crippen molar-refractivity contribution in [2.45, 2.75) is 37.4 Å². The van der Waals surface area contributed by atoms with Gasteiger partial charge in [0.1, 0.15) is 5.82 Å². The smallest absolute Gasteiger partial charge is 0.154 e. The van der Waals surface area contributed by atoms with E-state index in [0.29, 0.717) is 11.8 Å². The van der Waals surface area contributed by atoms with E-state index in [-0.39, 0.29) is 0 Å². The van der Waals surface area contributed by atoms with Gasteiger partial charge in [-0.1, -0.05) is 18.9 Å². The van der Waals surface area contributed by atoms with Gasteiger partial charge in [-0.2, -0.15) is 0 Å². The highest BCUT2D eigenvalue weighted by molar-refractivity contribution is 7.97. The fraction of sp³-hybridized carbons (Fsp3) is 0.529. The topological polar surface area (TPSA) is 49.2 Å². The van der Waals surface area contributed by atoms with Gasteiger partial charge in [0.05, 0.1) is 23.4 Å². The number of nitrogens with one attached hydrogen (secondary N) is 1. The van der Waals surface area contributed by atoms with Gasteiger partial charge in [-0.25, -0.2) is 14.3 Å². The molecule has 2 atom stereocenters. The van der Waals surface area contributed by atoms with Crippen molar-refractivity contribution >= 4 is 28.6 Å². The van der Waals surface area contributed by atoms with Crippen molar-refractivity contribution in [1.82, 2.24) is 23.7 Å². The van der Waals surface area contributed by atoms with E-state index in [9.17, 15) is 0 Å². The minimum Gasteiger partial charge on any atom is -0.345 e. The molecular formula is C17H21N5S. The number of hydrogen-bond donors (Lipinski definition) is 1. The average Bonchev–Trinajstić information content (AvgIpc) is 3.08. The van der Waals surface area contributed by atoms with E-state index < -0.39 is 0 Å². The van der Waals surface area contributed by atoms with Crippen LogP contribution in [0.2, 0.25) is 0 Å². The Morgan fingerprint density at radius 1 is 1.22 bits per heavy atom. The lowest BCUT2D eigenvalue weighted by Crippen LogP contribution is -2.35. The molecule has 5 rings (SSSR count). The van der Waals surface area contributed by atoms with E-state index in [0.717, 1.165) is 28.5 Å². The number of aromatic amines is 1. The number of nitrogens with zero attached hydrogens (tertiary/aromatic N) is 4. The molecule has 1 saturated heterocycles. The van der Waals surface area contributed by atoms with E-state index >= 15 is 0 Å². The Morgan fingerprint density at radius 3 is 2.96 bits per heavy atom. The maximum Gasteiger partial charge on any atom is 0.154 e. The fourth-order valence-corrected chi connectivity index (χ4v) is 4.84. The second-order valence-corrected chi connectivity index (χ2v) is 8.31. The van der Waals surface area contributed by atoms with Gasteiger partial charge in [-0.15, -0.1) is 0 Å². The minimum absolute atomic E-state index is 0.484. The van der Waals surface area contributed by atoms with Crippen LogP contribution >= 0.6 is 11.9 Å². The van der Waals surface area contributed by atoms with Crippen molar-refractivity contribution in [2.24, 2.45) is 5.92 Å². The molecule has 2 unspecified atom stereocenters. The third kappa shape index (κ3) is 2.35. The Kier molecular flexibility index (Phi) is 3.16. The molecule has 0 aromatic carbocycles. The Balaban J connectivity index is 1.56. The van der Waals surface area contributed by atoms with Crippen LogP contribution in [0.4, 0.5) is 0 Å². The van der Waals surface area contributed by atoms with Crippen LogP contribution in [0, 0.1) is 5.92 Å². The fourth-order valence-electron chi connectivity index (χ4n) is 3.62. The Hall–Kier alpha value is -1.53. The summed E-state index contributed by atoms with van der Waals surface area (Å²) in [4.78, 5) is 12.5. The zero-order valence-corrected chi connectivity index (χ0v) is 14.1. The second kappa shape index (κ2) is 5.24. The summed E-state index contributed by atoms with van der Waals surface area (Å²) < 4.78 is 4.88. The number of fused-ring (bicyclic) bond motifs is 3. The first-order valence-electron chi connectivity index (χ1n) is 8.51. The van der Waals surface area contributed by atoms with E-state index in [1.807, 2.05) is 18.6 Å². The van der Waals surface area contributed by atoms with Crippen LogP contribution in [0.15, 0.2) is 24.7 Å². The normalized spacial score (nSPS) is 26.3. The van der Waals surface area contributed by atoms with Crippen molar-refractivity contribution in [3.8, 4) is 0 Å². The van der Waals surface area contributed by atoms with Crippen LogP contribution in [0.3, 0.4) is 0 Å². The van der Waals surface area contributed by atoms with E-state index in [4.69, 9.17) is 4.98 Å². The predicted octanol–water partition coefficient (Wildman–Crippen LogP) is 3.45. The zero-order chi connectivity index (χ0) is 15.4. The molecule has 6 heteroatoms. The van der Waals surface area contributed by atoms with Gasteiger partial charge in [0.25, 0.3) is 0 Å². The molecule has 0 bridgehead atoms. The van der Waals surface area contributed by atoms with Crippen LogP contribution in [-0.2, 0) is 0 Å². The molecule has 1 saturated carbocycles. The summed E-state index contributed by atoms with van der Waals surface area (Å²) >= 11 is 2.08. The minimum atomic E-state index is 0.484. The molecule has 120 valence electrons. The lowest BCUT2D eigenvalue weighted by molar-refractivity contribution is 0.259. The van der Waals surface area contributed by atoms with Crippen LogP contribution in [0.1, 0.15) is 37.9 Å². The number of imidazole rings is 1. The molecule has 0 radical (unpaired) electrons. The van der Waals surface area contributed by atoms with Crippen LogP contribution < -0.4 is 0 Å². The second-order valence-electron chi connectivity index (χ2n) is 6.91. The highest BCUT2D eigenvalue weighted by Gasteiger charge is 2.34. The molecule has 1 N–H and O–H groups in total. The van der Waals surface area contributed by atoms with Crippen LogP contribution in [0.5, 0.6) is 0 Å². The van der Waals surface area contributed by atoms with E-state index in [2.05, 4.69) is 43.6 Å². The van der Waals surface area contributed by atoms with Crippen LogP contribution in [0.25, 0.3) is 16.7 Å². The van der Waals surface area contributed by atoms with Gasteiger partial charge in [0.2, 0.25) is 0 Å². The molecule has 23 heavy (non-hydrogen) atoms. The van der Waals surface area contributed by atoms with Crippen molar-refractivity contribution in [1.29, 1.82) is 0 Å². The predicted molar refractivity (Wildman–Crippen MR) is 93.6 cm³/mol. The third-order valence-corrected chi connectivity index (χ3v) is 6.56. The highest BCUT2D eigenvalue weighted by atomic mass is 32.2. The first-order valence-corrected chi connectivity index (χ1v) is 9.34. The monoisotopic (exact) mass is 327 g/mol. The molecular weight excluding hydrogens is 306 g/mol. The lowest BCUT2D eigenvalue weighted by Gasteiger charge is -2.35. The molecule has 0 spiro atoms. The summed E-state index contributed by atoms with van der Waals surface area (Å²) in [6.07, 6.45) is 9.88. The summed E-state index contributed by atoms with van der Waals surface area (Å²) in [7, 11) is 0. The number of piperidine rings is 1. The molecule has 2 fully saturated rings. The number of hydrogen-bond acceptors (Lipinski definition) is 4. The summed E-state index contributed by atoms with van der Waals surface area (Å²) in [5.41, 5.74) is 3.16. The van der Waals surface area contributed by atoms with Gasteiger partial charge in [0, 0.05) is 30.5 Å².